The number of carbonyl (C=O) groups excluding carboxylic acids is 2. The van der Waals surface area contributed by atoms with Gasteiger partial charge in [-0.3, -0.25) is 9.59 Å². The van der Waals surface area contributed by atoms with Gasteiger partial charge in [-0.15, -0.1) is 23.7 Å². The fourth-order valence-electron chi connectivity index (χ4n) is 2.94. The molecule has 6 nitrogen and oxygen atoms in total. The Hall–Kier alpha value is -2.03. The smallest absolute Gasteiger partial charge is 0.273 e. The lowest BCUT2D eigenvalue weighted by Gasteiger charge is -2.22. The summed E-state index contributed by atoms with van der Waals surface area (Å²) in [5, 5.41) is 2.60. The SMILES string of the molecule is Cl.NCCc1nc(C(=O)N2CCCN(C(=O)c3ccccc3F)CC2)cs1. The monoisotopic (exact) mass is 412 g/mol. The molecule has 0 radical (unpaired) electrons. The van der Waals surface area contributed by atoms with E-state index in [1.165, 1.54) is 23.5 Å². The number of aromatic nitrogens is 1. The van der Waals surface area contributed by atoms with Gasteiger partial charge in [0.05, 0.1) is 10.6 Å². The molecule has 0 bridgehead atoms. The van der Waals surface area contributed by atoms with Crippen molar-refractivity contribution in [2.24, 2.45) is 5.73 Å². The van der Waals surface area contributed by atoms with Crippen molar-refractivity contribution < 1.29 is 14.0 Å². The molecule has 27 heavy (non-hydrogen) atoms. The molecule has 1 saturated heterocycles. The van der Waals surface area contributed by atoms with Crippen LogP contribution in [0.15, 0.2) is 29.6 Å². The van der Waals surface area contributed by atoms with Gasteiger partial charge in [0.15, 0.2) is 0 Å². The van der Waals surface area contributed by atoms with Crippen LogP contribution in [-0.4, -0.2) is 59.3 Å². The van der Waals surface area contributed by atoms with Crippen LogP contribution in [-0.2, 0) is 6.42 Å². The Kier molecular flexibility index (Phi) is 7.70. The topological polar surface area (TPSA) is 79.5 Å². The van der Waals surface area contributed by atoms with E-state index in [0.29, 0.717) is 51.3 Å². The number of amides is 2. The van der Waals surface area contributed by atoms with E-state index in [2.05, 4.69) is 4.98 Å². The Morgan fingerprint density at radius 2 is 1.78 bits per heavy atom. The summed E-state index contributed by atoms with van der Waals surface area (Å²) in [5.41, 5.74) is 6.01. The molecule has 2 N–H and O–H groups in total. The molecule has 2 heterocycles. The van der Waals surface area contributed by atoms with E-state index in [1.54, 1.807) is 27.3 Å². The van der Waals surface area contributed by atoms with Crippen LogP contribution in [0.2, 0.25) is 0 Å². The summed E-state index contributed by atoms with van der Waals surface area (Å²) in [4.78, 5) is 32.8. The van der Waals surface area contributed by atoms with Crippen molar-refractivity contribution in [1.29, 1.82) is 0 Å². The second-order valence-corrected chi connectivity index (χ2v) is 7.03. The Morgan fingerprint density at radius 3 is 2.44 bits per heavy atom. The molecular formula is C18H22ClFN4O2S. The molecule has 0 unspecified atom stereocenters. The van der Waals surface area contributed by atoms with E-state index >= 15 is 0 Å². The Labute approximate surface area is 167 Å². The first-order valence-corrected chi connectivity index (χ1v) is 9.45. The molecular weight excluding hydrogens is 391 g/mol. The van der Waals surface area contributed by atoms with E-state index < -0.39 is 5.82 Å². The molecule has 9 heteroatoms. The lowest BCUT2D eigenvalue weighted by Crippen LogP contribution is -2.37. The van der Waals surface area contributed by atoms with Crippen molar-refractivity contribution in [3.8, 4) is 0 Å². The molecule has 1 aromatic heterocycles. The summed E-state index contributed by atoms with van der Waals surface area (Å²) in [5.74, 6) is -0.995. The fourth-order valence-corrected chi connectivity index (χ4v) is 3.73. The summed E-state index contributed by atoms with van der Waals surface area (Å²) < 4.78 is 13.9. The van der Waals surface area contributed by atoms with Gasteiger partial charge in [-0.1, -0.05) is 12.1 Å². The number of nitrogens with zero attached hydrogens (tertiary/aromatic N) is 3. The minimum atomic E-state index is -0.524. The Balaban J connectivity index is 0.00000261. The zero-order valence-electron chi connectivity index (χ0n) is 14.8. The highest BCUT2D eigenvalue weighted by molar-refractivity contribution is 7.09. The predicted molar refractivity (Wildman–Crippen MR) is 105 cm³/mol. The van der Waals surface area contributed by atoms with Crippen molar-refractivity contribution in [3.05, 3.63) is 51.7 Å². The number of rotatable bonds is 4. The Morgan fingerprint density at radius 1 is 1.11 bits per heavy atom. The van der Waals surface area contributed by atoms with E-state index in [-0.39, 0.29) is 29.8 Å². The second-order valence-electron chi connectivity index (χ2n) is 6.08. The summed E-state index contributed by atoms with van der Waals surface area (Å²) >= 11 is 1.43. The Bertz CT molecular complexity index is 801. The van der Waals surface area contributed by atoms with Crippen molar-refractivity contribution in [2.45, 2.75) is 12.8 Å². The standard InChI is InChI=1S/C18H21FN4O2S.ClH/c19-14-5-2-1-4-13(14)17(24)22-8-3-9-23(11-10-22)18(25)15-12-26-16(21-15)6-7-20;/h1-2,4-5,12H,3,6-11,20H2;1H. The molecule has 1 aliphatic heterocycles. The van der Waals surface area contributed by atoms with Crippen LogP contribution >= 0.6 is 23.7 Å². The van der Waals surface area contributed by atoms with Gasteiger partial charge in [0.25, 0.3) is 11.8 Å². The number of halogens is 2. The minimum Gasteiger partial charge on any atom is -0.337 e. The summed E-state index contributed by atoms with van der Waals surface area (Å²) in [6, 6.07) is 5.97. The summed E-state index contributed by atoms with van der Waals surface area (Å²) in [7, 11) is 0. The van der Waals surface area contributed by atoms with Gasteiger partial charge in [-0.05, 0) is 25.1 Å². The molecule has 1 fully saturated rings. The van der Waals surface area contributed by atoms with E-state index in [0.717, 1.165) is 5.01 Å². The van der Waals surface area contributed by atoms with E-state index in [9.17, 15) is 14.0 Å². The maximum atomic E-state index is 13.9. The first-order chi connectivity index (χ1) is 12.6. The minimum absolute atomic E-state index is 0. The predicted octanol–water partition coefficient (Wildman–Crippen LogP) is 2.19. The third-order valence-electron chi connectivity index (χ3n) is 4.30. The quantitative estimate of drug-likeness (QED) is 0.834. The average molecular weight is 413 g/mol. The molecule has 1 aromatic carbocycles. The first-order valence-electron chi connectivity index (χ1n) is 8.57. The number of hydrogen-bond acceptors (Lipinski definition) is 5. The largest absolute Gasteiger partial charge is 0.337 e. The van der Waals surface area contributed by atoms with Crippen LogP contribution in [0.4, 0.5) is 4.39 Å². The highest BCUT2D eigenvalue weighted by atomic mass is 35.5. The molecule has 0 atom stereocenters. The maximum absolute atomic E-state index is 13.9. The van der Waals surface area contributed by atoms with Crippen LogP contribution < -0.4 is 5.73 Å². The van der Waals surface area contributed by atoms with Gasteiger partial charge in [-0.2, -0.15) is 0 Å². The van der Waals surface area contributed by atoms with E-state index in [1.807, 2.05) is 0 Å². The van der Waals surface area contributed by atoms with Crippen molar-refractivity contribution in [2.75, 3.05) is 32.7 Å². The lowest BCUT2D eigenvalue weighted by atomic mass is 10.2. The number of thiazole rings is 1. The number of benzene rings is 1. The summed E-state index contributed by atoms with van der Waals surface area (Å²) in [6.07, 6.45) is 1.30. The molecule has 146 valence electrons. The highest BCUT2D eigenvalue weighted by Gasteiger charge is 2.25. The van der Waals surface area contributed by atoms with Crippen LogP contribution in [0.3, 0.4) is 0 Å². The molecule has 1 aliphatic rings. The molecule has 0 aliphatic carbocycles. The van der Waals surface area contributed by atoms with Crippen molar-refractivity contribution in [3.63, 3.8) is 0 Å². The van der Waals surface area contributed by atoms with Crippen LogP contribution in [0.25, 0.3) is 0 Å². The third-order valence-corrected chi connectivity index (χ3v) is 5.21. The van der Waals surface area contributed by atoms with E-state index in [4.69, 9.17) is 5.73 Å². The van der Waals surface area contributed by atoms with Gasteiger partial charge in [0.2, 0.25) is 0 Å². The molecule has 2 aromatic rings. The van der Waals surface area contributed by atoms with Crippen LogP contribution in [0, 0.1) is 5.82 Å². The lowest BCUT2D eigenvalue weighted by molar-refractivity contribution is 0.0713. The van der Waals surface area contributed by atoms with Gasteiger partial charge >= 0.3 is 0 Å². The number of hydrogen-bond donors (Lipinski definition) is 1. The van der Waals surface area contributed by atoms with Gasteiger partial charge < -0.3 is 15.5 Å². The summed E-state index contributed by atoms with van der Waals surface area (Å²) in [6.45, 7) is 2.32. The highest BCUT2D eigenvalue weighted by Crippen LogP contribution is 2.16. The normalized spacial score (nSPS) is 14.4. The molecule has 3 rings (SSSR count). The zero-order chi connectivity index (χ0) is 18.5. The van der Waals surface area contributed by atoms with Crippen LogP contribution in [0.1, 0.15) is 32.3 Å². The molecule has 0 saturated carbocycles. The number of carbonyl (C=O) groups is 2. The zero-order valence-corrected chi connectivity index (χ0v) is 16.4. The number of nitrogens with two attached hydrogens (primary N) is 1. The van der Waals surface area contributed by atoms with Gasteiger partial charge in [0, 0.05) is 38.0 Å². The molecule has 2 amide bonds. The molecule has 0 spiro atoms. The van der Waals surface area contributed by atoms with Gasteiger partial charge in [0.1, 0.15) is 11.5 Å². The fraction of sp³-hybridized carbons (Fsp3) is 0.389. The van der Waals surface area contributed by atoms with Crippen LogP contribution in [0.5, 0.6) is 0 Å². The maximum Gasteiger partial charge on any atom is 0.273 e. The first kappa shape index (κ1) is 21.3. The average Bonchev–Trinajstić information content (AvgIpc) is 2.97. The second kappa shape index (κ2) is 9.77. The third kappa shape index (κ3) is 5.03. The van der Waals surface area contributed by atoms with Gasteiger partial charge in [-0.25, -0.2) is 9.37 Å². The van der Waals surface area contributed by atoms with Crippen molar-refractivity contribution >= 4 is 35.6 Å². The van der Waals surface area contributed by atoms with Crippen molar-refractivity contribution in [1.82, 2.24) is 14.8 Å².